The SMILES string of the molecule is CC(C)Sc1ccc(S(=O)(=O)Nc2cccc(Cl)c2N2CCC(C)(C)CC2)s1. The fourth-order valence-electron chi connectivity index (χ4n) is 3.19. The van der Waals surface area contributed by atoms with Crippen molar-refractivity contribution >= 4 is 56.1 Å². The molecule has 1 N–H and O–H groups in total. The molecule has 1 aromatic heterocycles. The molecule has 4 nitrogen and oxygen atoms in total. The van der Waals surface area contributed by atoms with Crippen molar-refractivity contribution in [2.75, 3.05) is 22.7 Å². The zero-order valence-corrected chi connectivity index (χ0v) is 19.9. The number of sulfonamides is 1. The number of rotatable bonds is 6. The lowest BCUT2D eigenvalue weighted by atomic mass is 9.82. The molecule has 0 amide bonds. The highest BCUT2D eigenvalue weighted by Gasteiger charge is 2.28. The normalized spacial score (nSPS) is 17.1. The number of nitrogens with zero attached hydrogens (tertiary/aromatic N) is 1. The molecule has 0 aliphatic carbocycles. The summed E-state index contributed by atoms with van der Waals surface area (Å²) in [5.41, 5.74) is 1.62. The van der Waals surface area contributed by atoms with Gasteiger partial charge in [0.1, 0.15) is 4.21 Å². The van der Waals surface area contributed by atoms with Gasteiger partial charge in [-0.2, -0.15) is 0 Å². The third-order valence-corrected chi connectivity index (χ3v) is 9.26. The summed E-state index contributed by atoms with van der Waals surface area (Å²) in [5.74, 6) is 0. The van der Waals surface area contributed by atoms with E-state index in [0.29, 0.717) is 25.6 Å². The number of hydrogen-bond acceptors (Lipinski definition) is 5. The fourth-order valence-corrected chi connectivity index (χ4v) is 7.40. The number of piperidine rings is 1. The smallest absolute Gasteiger partial charge is 0.271 e. The van der Waals surface area contributed by atoms with Gasteiger partial charge >= 0.3 is 0 Å². The number of benzene rings is 1. The van der Waals surface area contributed by atoms with Crippen LogP contribution in [0, 0.1) is 5.41 Å². The highest BCUT2D eigenvalue weighted by molar-refractivity contribution is 8.02. The number of thiophene rings is 1. The minimum Gasteiger partial charge on any atom is -0.369 e. The van der Waals surface area contributed by atoms with E-state index in [4.69, 9.17) is 11.6 Å². The van der Waals surface area contributed by atoms with Crippen molar-refractivity contribution in [1.82, 2.24) is 0 Å². The van der Waals surface area contributed by atoms with Crippen LogP contribution >= 0.6 is 34.7 Å². The number of para-hydroxylation sites is 1. The summed E-state index contributed by atoms with van der Waals surface area (Å²) in [6.45, 7) is 10.4. The quantitative estimate of drug-likeness (QED) is 0.514. The van der Waals surface area contributed by atoms with Gasteiger partial charge in [-0.1, -0.05) is 45.4 Å². The highest BCUT2D eigenvalue weighted by atomic mass is 35.5. The molecule has 1 fully saturated rings. The van der Waals surface area contributed by atoms with Crippen LogP contribution in [0.4, 0.5) is 11.4 Å². The molecular weight excluding hydrogens is 432 g/mol. The third-order valence-electron chi connectivity index (χ3n) is 4.84. The van der Waals surface area contributed by atoms with Crippen LogP contribution in [0.2, 0.25) is 5.02 Å². The number of halogens is 1. The van der Waals surface area contributed by atoms with E-state index in [2.05, 4.69) is 37.3 Å². The van der Waals surface area contributed by atoms with Crippen LogP contribution in [0.25, 0.3) is 0 Å². The van der Waals surface area contributed by atoms with Crippen LogP contribution in [0.3, 0.4) is 0 Å². The van der Waals surface area contributed by atoms with E-state index in [-0.39, 0.29) is 0 Å². The average molecular weight is 459 g/mol. The first-order chi connectivity index (χ1) is 13.1. The molecule has 8 heteroatoms. The Morgan fingerprint density at radius 3 is 2.50 bits per heavy atom. The van der Waals surface area contributed by atoms with Crippen molar-refractivity contribution in [3.63, 3.8) is 0 Å². The second kappa shape index (κ2) is 8.46. The first kappa shape index (κ1) is 21.8. The highest BCUT2D eigenvalue weighted by Crippen LogP contribution is 2.40. The van der Waals surface area contributed by atoms with E-state index < -0.39 is 10.0 Å². The summed E-state index contributed by atoms with van der Waals surface area (Å²) in [7, 11) is -3.66. The van der Waals surface area contributed by atoms with E-state index in [9.17, 15) is 8.42 Å². The summed E-state index contributed by atoms with van der Waals surface area (Å²) >= 11 is 9.46. The molecule has 0 saturated carbocycles. The zero-order valence-electron chi connectivity index (χ0n) is 16.7. The van der Waals surface area contributed by atoms with E-state index in [1.165, 1.54) is 11.3 Å². The van der Waals surface area contributed by atoms with Gasteiger partial charge in [0.2, 0.25) is 0 Å². The fraction of sp³-hybridized carbons (Fsp3) is 0.500. The Balaban J connectivity index is 1.86. The average Bonchev–Trinajstić information content (AvgIpc) is 3.04. The van der Waals surface area contributed by atoms with Crippen LogP contribution in [0.1, 0.15) is 40.5 Å². The standard InChI is InChI=1S/C20H27ClN2O2S3/c1-14(2)26-17-8-9-18(27-17)28(24,25)22-16-7-5-6-15(21)19(16)23-12-10-20(3,4)11-13-23/h5-9,14,22H,10-13H2,1-4H3. The summed E-state index contributed by atoms with van der Waals surface area (Å²) in [6.07, 6.45) is 2.09. The Hall–Kier alpha value is -0.890. The van der Waals surface area contributed by atoms with Crippen molar-refractivity contribution in [3.05, 3.63) is 35.4 Å². The Bertz CT molecular complexity index is 929. The van der Waals surface area contributed by atoms with Crippen LogP contribution in [-0.2, 0) is 10.0 Å². The molecule has 3 rings (SSSR count). The molecule has 0 spiro atoms. The monoisotopic (exact) mass is 458 g/mol. The molecule has 1 aromatic carbocycles. The minimum absolute atomic E-state index is 0.304. The van der Waals surface area contributed by atoms with E-state index in [1.54, 1.807) is 30.0 Å². The van der Waals surface area contributed by atoms with Crippen molar-refractivity contribution in [2.45, 2.75) is 54.2 Å². The number of nitrogens with one attached hydrogen (secondary N) is 1. The van der Waals surface area contributed by atoms with Crippen LogP contribution in [0.5, 0.6) is 0 Å². The molecule has 28 heavy (non-hydrogen) atoms. The number of hydrogen-bond donors (Lipinski definition) is 1. The third kappa shape index (κ3) is 5.17. The lowest BCUT2D eigenvalue weighted by molar-refractivity contribution is 0.280. The lowest BCUT2D eigenvalue weighted by Gasteiger charge is -2.39. The molecule has 154 valence electrons. The Labute approximate surface area is 181 Å². The van der Waals surface area contributed by atoms with Gasteiger partial charge in [0.05, 0.1) is 20.6 Å². The molecular formula is C20H27ClN2O2S3. The Kier molecular flexibility index (Phi) is 6.59. The van der Waals surface area contributed by atoms with E-state index in [0.717, 1.165) is 35.8 Å². The first-order valence-electron chi connectivity index (χ1n) is 9.40. The molecule has 0 radical (unpaired) electrons. The van der Waals surface area contributed by atoms with E-state index in [1.807, 2.05) is 12.1 Å². The second-order valence-corrected chi connectivity index (χ2v) is 13.4. The number of anilines is 2. The molecule has 1 aliphatic heterocycles. The van der Waals surface area contributed by atoms with Crippen LogP contribution in [-0.4, -0.2) is 26.8 Å². The van der Waals surface area contributed by atoms with Gasteiger partial charge in [0.15, 0.2) is 0 Å². The van der Waals surface area contributed by atoms with E-state index >= 15 is 0 Å². The maximum absolute atomic E-state index is 13.0. The van der Waals surface area contributed by atoms with Crippen molar-refractivity contribution in [2.24, 2.45) is 5.41 Å². The Morgan fingerprint density at radius 1 is 1.18 bits per heavy atom. The largest absolute Gasteiger partial charge is 0.369 e. The van der Waals surface area contributed by atoms with Crippen LogP contribution in [0.15, 0.2) is 38.8 Å². The van der Waals surface area contributed by atoms with Crippen molar-refractivity contribution in [3.8, 4) is 0 Å². The summed E-state index contributed by atoms with van der Waals surface area (Å²) in [6, 6.07) is 8.93. The minimum atomic E-state index is -3.66. The molecule has 2 aromatic rings. The van der Waals surface area contributed by atoms with Crippen molar-refractivity contribution in [1.29, 1.82) is 0 Å². The molecule has 1 saturated heterocycles. The van der Waals surface area contributed by atoms with Gasteiger partial charge in [-0.25, -0.2) is 8.42 Å². The number of thioether (sulfide) groups is 1. The molecule has 0 atom stereocenters. The maximum atomic E-state index is 13.0. The predicted octanol–water partition coefficient (Wildman–Crippen LogP) is 6.33. The zero-order chi connectivity index (χ0) is 20.5. The van der Waals surface area contributed by atoms with Crippen LogP contribution < -0.4 is 9.62 Å². The molecule has 1 aliphatic rings. The van der Waals surface area contributed by atoms with Gasteiger partial charge in [-0.15, -0.1) is 23.1 Å². The first-order valence-corrected chi connectivity index (χ1v) is 13.0. The topological polar surface area (TPSA) is 49.4 Å². The molecule has 0 bridgehead atoms. The molecule has 0 unspecified atom stereocenters. The van der Waals surface area contributed by atoms with Gasteiger partial charge in [-0.05, 0) is 42.5 Å². The van der Waals surface area contributed by atoms with Gasteiger partial charge < -0.3 is 4.90 Å². The second-order valence-electron chi connectivity index (χ2n) is 8.13. The van der Waals surface area contributed by atoms with Gasteiger partial charge in [0.25, 0.3) is 10.0 Å². The predicted molar refractivity (Wildman–Crippen MR) is 123 cm³/mol. The van der Waals surface area contributed by atoms with Gasteiger partial charge in [-0.3, -0.25) is 4.72 Å². The summed E-state index contributed by atoms with van der Waals surface area (Å²) in [4.78, 5) is 2.19. The summed E-state index contributed by atoms with van der Waals surface area (Å²) < 4.78 is 30.1. The maximum Gasteiger partial charge on any atom is 0.271 e. The van der Waals surface area contributed by atoms with Crippen molar-refractivity contribution < 1.29 is 8.42 Å². The van der Waals surface area contributed by atoms with Gasteiger partial charge in [0, 0.05) is 18.3 Å². The molecule has 2 heterocycles. The lowest BCUT2D eigenvalue weighted by Crippen LogP contribution is -2.38. The summed E-state index contributed by atoms with van der Waals surface area (Å²) in [5, 5.41) is 0.979. The Morgan fingerprint density at radius 2 is 1.86 bits per heavy atom.